The molecule has 8 heteroatoms. The van der Waals surface area contributed by atoms with E-state index in [1.807, 2.05) is 0 Å². The van der Waals surface area contributed by atoms with E-state index in [4.69, 9.17) is 16.7 Å². The van der Waals surface area contributed by atoms with E-state index in [9.17, 15) is 13.2 Å². The minimum absolute atomic E-state index is 0.0913. The molecule has 0 atom stereocenters. The molecule has 128 valence electrons. The molecule has 1 saturated heterocycles. The van der Waals surface area contributed by atoms with Crippen molar-refractivity contribution in [3.8, 4) is 0 Å². The lowest BCUT2D eigenvalue weighted by Gasteiger charge is -2.32. The fourth-order valence-electron chi connectivity index (χ4n) is 2.63. The van der Waals surface area contributed by atoms with Crippen LogP contribution in [0, 0.1) is 0 Å². The van der Waals surface area contributed by atoms with E-state index >= 15 is 0 Å². The Morgan fingerprint density at radius 1 is 1.26 bits per heavy atom. The number of hydrogen-bond acceptors (Lipinski definition) is 4. The van der Waals surface area contributed by atoms with E-state index in [2.05, 4.69) is 9.62 Å². The Morgan fingerprint density at radius 3 is 2.43 bits per heavy atom. The fourth-order valence-corrected chi connectivity index (χ4v) is 4.06. The van der Waals surface area contributed by atoms with E-state index < -0.39 is 16.0 Å². The monoisotopic (exact) mass is 360 g/mol. The summed E-state index contributed by atoms with van der Waals surface area (Å²) < 4.78 is 27.3. The maximum atomic E-state index is 12.3. The number of aliphatic carboxylic acids is 1. The molecule has 0 radical (unpaired) electrons. The third-order valence-corrected chi connectivity index (χ3v) is 5.69. The number of rotatable bonds is 7. The lowest BCUT2D eigenvalue weighted by atomic mass is 10.1. The Bertz CT molecular complexity index is 625. The number of piperidine rings is 1. The van der Waals surface area contributed by atoms with Gasteiger partial charge in [0.05, 0.1) is 4.90 Å². The number of likely N-dealkylation sites (tertiary alicyclic amines) is 1. The van der Waals surface area contributed by atoms with Crippen LogP contribution in [0.5, 0.6) is 0 Å². The van der Waals surface area contributed by atoms with Crippen molar-refractivity contribution in [1.29, 1.82) is 0 Å². The molecule has 23 heavy (non-hydrogen) atoms. The molecule has 0 aromatic heterocycles. The average Bonchev–Trinajstić information content (AvgIpc) is 2.49. The van der Waals surface area contributed by atoms with Crippen LogP contribution in [-0.2, 0) is 14.8 Å². The third-order valence-electron chi connectivity index (χ3n) is 3.90. The SMILES string of the molecule is O=C(O)CCCN1CCC(NS(=O)(=O)c2ccc(Cl)cc2)CC1. The molecule has 1 heterocycles. The van der Waals surface area contributed by atoms with Crippen LogP contribution < -0.4 is 4.72 Å². The Labute approximate surface area is 141 Å². The van der Waals surface area contributed by atoms with Gasteiger partial charge in [-0.2, -0.15) is 0 Å². The zero-order chi connectivity index (χ0) is 16.9. The summed E-state index contributed by atoms with van der Waals surface area (Å²) in [5.41, 5.74) is 0. The van der Waals surface area contributed by atoms with Gasteiger partial charge >= 0.3 is 5.97 Å². The summed E-state index contributed by atoms with van der Waals surface area (Å²) in [6.45, 7) is 2.28. The number of hydrogen-bond donors (Lipinski definition) is 2. The van der Waals surface area contributed by atoms with Crippen LogP contribution in [0.1, 0.15) is 25.7 Å². The minimum Gasteiger partial charge on any atom is -0.481 e. The van der Waals surface area contributed by atoms with Gasteiger partial charge in [0.15, 0.2) is 0 Å². The molecule has 0 bridgehead atoms. The second-order valence-corrected chi connectivity index (χ2v) is 7.84. The summed E-state index contributed by atoms with van der Waals surface area (Å²) in [5.74, 6) is -0.782. The number of sulfonamides is 1. The van der Waals surface area contributed by atoms with Crippen molar-refractivity contribution in [2.24, 2.45) is 0 Å². The number of carboxylic acid groups (broad SMARTS) is 1. The first-order chi connectivity index (χ1) is 10.9. The zero-order valence-corrected chi connectivity index (χ0v) is 14.3. The van der Waals surface area contributed by atoms with Gasteiger partial charge in [-0.05, 0) is 63.2 Å². The van der Waals surface area contributed by atoms with Crippen molar-refractivity contribution in [1.82, 2.24) is 9.62 Å². The molecule has 1 aromatic carbocycles. The highest BCUT2D eigenvalue weighted by molar-refractivity contribution is 7.89. The molecule has 6 nitrogen and oxygen atoms in total. The summed E-state index contributed by atoms with van der Waals surface area (Å²) in [6.07, 6.45) is 2.24. The van der Waals surface area contributed by atoms with E-state index in [1.54, 1.807) is 12.1 Å². The number of benzene rings is 1. The highest BCUT2D eigenvalue weighted by atomic mass is 35.5. The van der Waals surface area contributed by atoms with Crippen molar-refractivity contribution in [2.45, 2.75) is 36.6 Å². The number of carboxylic acids is 1. The molecule has 1 fully saturated rings. The van der Waals surface area contributed by atoms with Crippen molar-refractivity contribution < 1.29 is 18.3 Å². The van der Waals surface area contributed by atoms with Gasteiger partial charge in [0, 0.05) is 17.5 Å². The third kappa shape index (κ3) is 5.76. The highest BCUT2D eigenvalue weighted by Gasteiger charge is 2.24. The Balaban J connectivity index is 1.81. The first kappa shape index (κ1) is 18.2. The van der Waals surface area contributed by atoms with E-state index in [-0.39, 0.29) is 17.4 Å². The van der Waals surface area contributed by atoms with Crippen molar-refractivity contribution in [2.75, 3.05) is 19.6 Å². The Morgan fingerprint density at radius 2 is 1.87 bits per heavy atom. The number of halogens is 1. The Hall–Kier alpha value is -1.15. The highest BCUT2D eigenvalue weighted by Crippen LogP contribution is 2.17. The first-order valence-electron chi connectivity index (χ1n) is 7.59. The van der Waals surface area contributed by atoms with Crippen LogP contribution in [0.3, 0.4) is 0 Å². The summed E-state index contributed by atoms with van der Waals surface area (Å²) in [7, 11) is -3.53. The maximum absolute atomic E-state index is 12.3. The molecule has 0 amide bonds. The minimum atomic E-state index is -3.53. The molecule has 2 rings (SSSR count). The van der Waals surface area contributed by atoms with Crippen molar-refractivity contribution in [3.63, 3.8) is 0 Å². The molecule has 1 aliphatic rings. The quantitative estimate of drug-likeness (QED) is 0.776. The zero-order valence-electron chi connectivity index (χ0n) is 12.7. The number of nitrogens with zero attached hydrogens (tertiary/aromatic N) is 1. The van der Waals surface area contributed by atoms with Crippen LogP contribution in [0.15, 0.2) is 29.2 Å². The average molecular weight is 361 g/mol. The van der Waals surface area contributed by atoms with Gasteiger partial charge in [-0.3, -0.25) is 4.79 Å². The van der Waals surface area contributed by atoms with Gasteiger partial charge in [0.2, 0.25) is 10.0 Å². The molecule has 1 aromatic rings. The van der Waals surface area contributed by atoms with Gasteiger partial charge in [-0.25, -0.2) is 13.1 Å². The van der Waals surface area contributed by atoms with E-state index in [0.717, 1.165) is 32.5 Å². The van der Waals surface area contributed by atoms with Crippen LogP contribution >= 0.6 is 11.6 Å². The summed E-state index contributed by atoms with van der Waals surface area (Å²) in [6, 6.07) is 6.01. The molecule has 2 N–H and O–H groups in total. The molecule has 1 aliphatic heterocycles. The number of carbonyl (C=O) groups is 1. The van der Waals surface area contributed by atoms with Gasteiger partial charge in [0.25, 0.3) is 0 Å². The second kappa shape index (κ2) is 8.10. The molecule has 0 saturated carbocycles. The smallest absolute Gasteiger partial charge is 0.303 e. The van der Waals surface area contributed by atoms with Crippen molar-refractivity contribution >= 4 is 27.6 Å². The predicted molar refractivity (Wildman–Crippen MR) is 88.1 cm³/mol. The summed E-state index contributed by atoms with van der Waals surface area (Å²) >= 11 is 5.77. The summed E-state index contributed by atoms with van der Waals surface area (Å²) in [5, 5.41) is 9.13. The molecular formula is C15H21ClN2O4S. The molecule has 0 spiro atoms. The summed E-state index contributed by atoms with van der Waals surface area (Å²) in [4.78, 5) is 12.9. The van der Waals surface area contributed by atoms with Gasteiger partial charge < -0.3 is 10.0 Å². The van der Waals surface area contributed by atoms with E-state index in [1.165, 1.54) is 12.1 Å². The van der Waals surface area contributed by atoms with Gasteiger partial charge in [0.1, 0.15) is 0 Å². The molecule has 0 unspecified atom stereocenters. The largest absolute Gasteiger partial charge is 0.481 e. The lowest BCUT2D eigenvalue weighted by Crippen LogP contribution is -2.44. The normalized spacial score (nSPS) is 17.3. The number of nitrogens with one attached hydrogen (secondary N) is 1. The maximum Gasteiger partial charge on any atom is 0.303 e. The fraction of sp³-hybridized carbons (Fsp3) is 0.533. The van der Waals surface area contributed by atoms with Crippen LogP contribution in [0.2, 0.25) is 5.02 Å². The second-order valence-electron chi connectivity index (χ2n) is 5.69. The standard InChI is InChI=1S/C15H21ClN2O4S/c16-12-3-5-14(6-4-12)23(21,22)17-13-7-10-18(11-8-13)9-1-2-15(19)20/h3-6,13,17H,1-2,7-11H2,(H,19,20). The first-order valence-corrected chi connectivity index (χ1v) is 9.45. The van der Waals surface area contributed by atoms with E-state index in [0.29, 0.717) is 11.4 Å². The molecule has 0 aliphatic carbocycles. The van der Waals surface area contributed by atoms with Crippen LogP contribution in [0.25, 0.3) is 0 Å². The topological polar surface area (TPSA) is 86.7 Å². The molecular weight excluding hydrogens is 340 g/mol. The van der Waals surface area contributed by atoms with Gasteiger partial charge in [-0.1, -0.05) is 11.6 Å². The predicted octanol–water partition coefficient (Wildman–Crippen LogP) is 1.95. The van der Waals surface area contributed by atoms with Crippen LogP contribution in [0.4, 0.5) is 0 Å². The van der Waals surface area contributed by atoms with Gasteiger partial charge in [-0.15, -0.1) is 0 Å². The van der Waals surface area contributed by atoms with Crippen molar-refractivity contribution in [3.05, 3.63) is 29.3 Å². The van der Waals surface area contributed by atoms with Crippen LogP contribution in [-0.4, -0.2) is 50.1 Å². The lowest BCUT2D eigenvalue weighted by molar-refractivity contribution is -0.137. The Kier molecular flexibility index (Phi) is 6.41.